The standard InChI is InChI=1S/C18H24BrN5OS/c1-4-20-18(23-11-16-24-12(2)13(3)26-16)22-9-8-21-17(25)14-6-5-7-15(19)10-14/h5-7,10H,4,8-9,11H2,1-3H3,(H,21,25)(H2,20,22,23). The Bertz CT molecular complexity index is 755. The highest BCUT2D eigenvalue weighted by Crippen LogP contribution is 2.16. The van der Waals surface area contributed by atoms with Gasteiger partial charge in [0, 0.05) is 34.5 Å². The number of carbonyl (C=O) groups excluding carboxylic acids is 1. The maximum Gasteiger partial charge on any atom is 0.251 e. The number of thiazole rings is 1. The number of amides is 1. The van der Waals surface area contributed by atoms with Crippen molar-refractivity contribution in [3.8, 4) is 0 Å². The van der Waals surface area contributed by atoms with E-state index in [0.29, 0.717) is 25.2 Å². The van der Waals surface area contributed by atoms with Crippen molar-refractivity contribution >= 4 is 39.1 Å². The molecule has 3 N–H and O–H groups in total. The molecule has 0 atom stereocenters. The first kappa shape index (κ1) is 20.4. The molecule has 0 spiro atoms. The normalized spacial score (nSPS) is 11.3. The van der Waals surface area contributed by atoms with Crippen LogP contribution >= 0.6 is 27.3 Å². The van der Waals surface area contributed by atoms with Crippen LogP contribution in [0.2, 0.25) is 0 Å². The minimum Gasteiger partial charge on any atom is -0.357 e. The lowest BCUT2D eigenvalue weighted by Crippen LogP contribution is -2.41. The minimum atomic E-state index is -0.0937. The van der Waals surface area contributed by atoms with Crippen LogP contribution in [0.5, 0.6) is 0 Å². The molecular formula is C18H24BrN5OS. The van der Waals surface area contributed by atoms with E-state index >= 15 is 0 Å². The summed E-state index contributed by atoms with van der Waals surface area (Å²) in [7, 11) is 0. The van der Waals surface area contributed by atoms with Crippen molar-refractivity contribution < 1.29 is 4.79 Å². The number of hydrogen-bond donors (Lipinski definition) is 3. The fraction of sp³-hybridized carbons (Fsp3) is 0.389. The zero-order valence-corrected chi connectivity index (χ0v) is 17.6. The monoisotopic (exact) mass is 437 g/mol. The molecule has 0 aliphatic rings. The van der Waals surface area contributed by atoms with E-state index in [1.54, 1.807) is 23.5 Å². The highest BCUT2D eigenvalue weighted by atomic mass is 79.9. The molecule has 0 fully saturated rings. The highest BCUT2D eigenvalue weighted by Gasteiger charge is 2.06. The Kier molecular flexibility index (Phi) is 8.06. The van der Waals surface area contributed by atoms with Crippen LogP contribution in [0, 0.1) is 13.8 Å². The Balaban J connectivity index is 1.80. The lowest BCUT2D eigenvalue weighted by atomic mass is 10.2. The van der Waals surface area contributed by atoms with E-state index in [2.05, 4.69) is 48.8 Å². The maximum atomic E-state index is 12.1. The smallest absolute Gasteiger partial charge is 0.251 e. The zero-order valence-electron chi connectivity index (χ0n) is 15.2. The van der Waals surface area contributed by atoms with Crippen LogP contribution in [-0.2, 0) is 6.54 Å². The van der Waals surface area contributed by atoms with Gasteiger partial charge in [0.1, 0.15) is 5.01 Å². The average molecular weight is 438 g/mol. The number of carbonyl (C=O) groups is 1. The van der Waals surface area contributed by atoms with Crippen molar-refractivity contribution in [1.82, 2.24) is 20.9 Å². The Morgan fingerprint density at radius 1 is 1.23 bits per heavy atom. The largest absolute Gasteiger partial charge is 0.357 e. The molecule has 6 nitrogen and oxygen atoms in total. The Morgan fingerprint density at radius 2 is 2.00 bits per heavy atom. The number of guanidine groups is 1. The second-order valence-corrected chi connectivity index (χ2v) is 7.84. The molecule has 0 unspecified atom stereocenters. The second-order valence-electron chi connectivity index (χ2n) is 5.64. The van der Waals surface area contributed by atoms with Gasteiger partial charge in [-0.15, -0.1) is 11.3 Å². The number of aliphatic imine (C=N–C) groups is 1. The number of rotatable bonds is 7. The van der Waals surface area contributed by atoms with Crippen molar-refractivity contribution in [1.29, 1.82) is 0 Å². The first-order chi connectivity index (χ1) is 12.5. The molecule has 0 saturated carbocycles. The predicted octanol–water partition coefficient (Wildman–Crippen LogP) is 3.01. The summed E-state index contributed by atoms with van der Waals surface area (Å²) >= 11 is 5.04. The molecule has 2 aromatic rings. The summed E-state index contributed by atoms with van der Waals surface area (Å²) in [5, 5.41) is 10.3. The third kappa shape index (κ3) is 6.42. The Hall–Kier alpha value is -1.93. The Morgan fingerprint density at radius 3 is 2.65 bits per heavy atom. The van der Waals surface area contributed by atoms with Crippen LogP contribution in [0.25, 0.3) is 0 Å². The van der Waals surface area contributed by atoms with E-state index in [-0.39, 0.29) is 5.91 Å². The van der Waals surface area contributed by atoms with Gasteiger partial charge < -0.3 is 16.0 Å². The average Bonchev–Trinajstić information content (AvgIpc) is 2.94. The van der Waals surface area contributed by atoms with Crippen molar-refractivity contribution in [3.05, 3.63) is 49.9 Å². The third-order valence-electron chi connectivity index (χ3n) is 3.58. The number of aryl methyl sites for hydroxylation is 2. The summed E-state index contributed by atoms with van der Waals surface area (Å²) < 4.78 is 0.887. The SMILES string of the molecule is CCNC(=NCc1nc(C)c(C)s1)NCCNC(=O)c1cccc(Br)c1. The van der Waals surface area contributed by atoms with Crippen molar-refractivity contribution in [2.75, 3.05) is 19.6 Å². The van der Waals surface area contributed by atoms with Crippen LogP contribution in [0.4, 0.5) is 0 Å². The molecule has 1 aromatic heterocycles. The number of nitrogens with one attached hydrogen (secondary N) is 3. The molecule has 1 aromatic carbocycles. The lowest BCUT2D eigenvalue weighted by Gasteiger charge is -2.11. The number of aromatic nitrogens is 1. The van der Waals surface area contributed by atoms with Gasteiger partial charge in [0.15, 0.2) is 5.96 Å². The molecule has 26 heavy (non-hydrogen) atoms. The van der Waals surface area contributed by atoms with Gasteiger partial charge in [0.25, 0.3) is 5.91 Å². The quantitative estimate of drug-likeness (QED) is 0.353. The maximum absolute atomic E-state index is 12.1. The fourth-order valence-corrected chi connectivity index (χ4v) is 3.44. The molecular weight excluding hydrogens is 414 g/mol. The predicted molar refractivity (Wildman–Crippen MR) is 111 cm³/mol. The van der Waals surface area contributed by atoms with Gasteiger partial charge in [-0.25, -0.2) is 9.98 Å². The van der Waals surface area contributed by atoms with E-state index in [1.165, 1.54) is 4.88 Å². The zero-order chi connectivity index (χ0) is 18.9. The van der Waals surface area contributed by atoms with Gasteiger partial charge in [0.2, 0.25) is 0 Å². The lowest BCUT2D eigenvalue weighted by molar-refractivity contribution is 0.0954. The van der Waals surface area contributed by atoms with Gasteiger partial charge in [-0.2, -0.15) is 0 Å². The summed E-state index contributed by atoms with van der Waals surface area (Å²) in [6, 6.07) is 7.32. The molecule has 1 heterocycles. The van der Waals surface area contributed by atoms with E-state index < -0.39 is 0 Å². The topological polar surface area (TPSA) is 78.4 Å². The van der Waals surface area contributed by atoms with Crippen LogP contribution in [0.15, 0.2) is 33.7 Å². The van der Waals surface area contributed by atoms with Gasteiger partial charge >= 0.3 is 0 Å². The molecule has 0 aliphatic carbocycles. The number of nitrogens with zero attached hydrogens (tertiary/aromatic N) is 2. The summed E-state index contributed by atoms with van der Waals surface area (Å²) in [6.45, 7) is 8.50. The summed E-state index contributed by atoms with van der Waals surface area (Å²) in [4.78, 5) is 22.4. The van der Waals surface area contributed by atoms with Crippen molar-refractivity contribution in [2.24, 2.45) is 4.99 Å². The Labute approximate surface area is 166 Å². The van der Waals surface area contributed by atoms with Crippen LogP contribution in [0.1, 0.15) is 32.9 Å². The van der Waals surface area contributed by atoms with Crippen LogP contribution in [0.3, 0.4) is 0 Å². The molecule has 0 saturated heterocycles. The molecule has 140 valence electrons. The molecule has 0 radical (unpaired) electrons. The number of hydrogen-bond acceptors (Lipinski definition) is 4. The third-order valence-corrected chi connectivity index (χ3v) is 5.13. The van der Waals surface area contributed by atoms with E-state index in [4.69, 9.17) is 0 Å². The van der Waals surface area contributed by atoms with Gasteiger partial charge in [-0.3, -0.25) is 4.79 Å². The summed E-state index contributed by atoms with van der Waals surface area (Å²) in [5.41, 5.74) is 1.70. The minimum absolute atomic E-state index is 0.0937. The number of benzene rings is 1. The second kappa shape index (κ2) is 10.3. The number of halogens is 1. The van der Waals surface area contributed by atoms with E-state index in [9.17, 15) is 4.79 Å². The molecule has 0 bridgehead atoms. The first-order valence-corrected chi connectivity index (χ1v) is 10.1. The molecule has 0 aliphatic heterocycles. The van der Waals surface area contributed by atoms with Crippen LogP contribution < -0.4 is 16.0 Å². The van der Waals surface area contributed by atoms with Crippen molar-refractivity contribution in [2.45, 2.75) is 27.3 Å². The van der Waals surface area contributed by atoms with Crippen LogP contribution in [-0.4, -0.2) is 36.5 Å². The molecule has 8 heteroatoms. The fourth-order valence-electron chi connectivity index (χ4n) is 2.18. The van der Waals surface area contributed by atoms with Gasteiger partial charge in [-0.05, 0) is 39.0 Å². The molecule has 1 amide bonds. The van der Waals surface area contributed by atoms with Crippen molar-refractivity contribution in [3.63, 3.8) is 0 Å². The highest BCUT2D eigenvalue weighted by molar-refractivity contribution is 9.10. The molecule has 2 rings (SSSR count). The summed E-state index contributed by atoms with van der Waals surface area (Å²) in [5.74, 6) is 0.624. The first-order valence-electron chi connectivity index (χ1n) is 8.48. The summed E-state index contributed by atoms with van der Waals surface area (Å²) in [6.07, 6.45) is 0. The van der Waals surface area contributed by atoms with Gasteiger partial charge in [0.05, 0.1) is 12.2 Å². The van der Waals surface area contributed by atoms with E-state index in [0.717, 1.165) is 27.7 Å². The van der Waals surface area contributed by atoms with E-state index in [1.807, 2.05) is 26.0 Å². The van der Waals surface area contributed by atoms with Gasteiger partial charge in [-0.1, -0.05) is 22.0 Å².